The Hall–Kier alpha value is -2.35. The molecule has 1 rings (SSSR count). The van der Waals surface area contributed by atoms with Crippen molar-refractivity contribution in [1.82, 2.24) is 0 Å². The Morgan fingerprint density at radius 1 is 1.61 bits per heavy atom. The van der Waals surface area contributed by atoms with E-state index in [4.69, 9.17) is 21.3 Å². The molecule has 0 spiro atoms. The van der Waals surface area contributed by atoms with Gasteiger partial charge in [0.05, 0.1) is 18.1 Å². The second-order valence-electron chi connectivity index (χ2n) is 3.63. The summed E-state index contributed by atoms with van der Waals surface area (Å²) in [6.07, 6.45) is -0.0271. The van der Waals surface area contributed by atoms with E-state index in [2.05, 4.69) is 0 Å². The minimum Gasteiger partial charge on any atom is -0.496 e. The first kappa shape index (κ1) is 13.7. The van der Waals surface area contributed by atoms with Crippen molar-refractivity contribution in [3.8, 4) is 5.75 Å². The number of carboxylic acid groups (broad SMARTS) is 1. The number of nitrogen functional groups attached to an aromatic ring is 1. The smallest absolute Gasteiger partial charge is 0.320 e. The normalized spacial score (nSPS) is 11.9. The Kier molecular flexibility index (Phi) is 4.05. The Bertz CT molecular complexity index is 489. The van der Waals surface area contributed by atoms with Gasteiger partial charge in [-0.25, -0.2) is 0 Å². The fourth-order valence-electron chi connectivity index (χ4n) is 1.46. The van der Waals surface area contributed by atoms with Crippen LogP contribution in [-0.2, 0) is 11.2 Å². The van der Waals surface area contributed by atoms with Crippen LogP contribution < -0.4 is 16.2 Å². The number of nitro benzene ring substituents is 1. The molecular weight excluding hydrogens is 242 g/mol. The van der Waals surface area contributed by atoms with Gasteiger partial charge in [0.1, 0.15) is 17.5 Å². The molecule has 1 aromatic rings. The summed E-state index contributed by atoms with van der Waals surface area (Å²) >= 11 is 0. The summed E-state index contributed by atoms with van der Waals surface area (Å²) in [6, 6.07) is 1.33. The quantitative estimate of drug-likeness (QED) is 0.386. The van der Waals surface area contributed by atoms with E-state index in [1.807, 2.05) is 0 Å². The van der Waals surface area contributed by atoms with Gasteiger partial charge in [0.15, 0.2) is 0 Å². The van der Waals surface area contributed by atoms with Crippen molar-refractivity contribution in [2.45, 2.75) is 12.5 Å². The Labute approximate surface area is 102 Å². The average molecular weight is 255 g/mol. The fraction of sp³-hybridized carbons (Fsp3) is 0.300. The molecule has 1 aromatic carbocycles. The highest BCUT2D eigenvalue weighted by molar-refractivity contribution is 5.74. The molecule has 0 aliphatic carbocycles. The number of anilines is 1. The van der Waals surface area contributed by atoms with Gasteiger partial charge in [-0.2, -0.15) is 0 Å². The van der Waals surface area contributed by atoms with E-state index in [1.165, 1.54) is 13.2 Å². The number of hydrogen-bond acceptors (Lipinski definition) is 6. The van der Waals surface area contributed by atoms with Crippen molar-refractivity contribution < 1.29 is 19.6 Å². The maximum Gasteiger partial charge on any atom is 0.320 e. The van der Waals surface area contributed by atoms with Crippen LogP contribution in [0.5, 0.6) is 5.75 Å². The van der Waals surface area contributed by atoms with Crippen LogP contribution in [0.4, 0.5) is 11.4 Å². The monoisotopic (exact) mass is 255 g/mol. The van der Waals surface area contributed by atoms with Gasteiger partial charge in [0, 0.05) is 6.42 Å². The SMILES string of the molecule is COc1cc([N+](=O)[O-])c(N)cc1C[C@H](N)C(=O)O. The lowest BCUT2D eigenvalue weighted by molar-refractivity contribution is -0.384. The Morgan fingerprint density at radius 2 is 2.22 bits per heavy atom. The fourth-order valence-corrected chi connectivity index (χ4v) is 1.46. The van der Waals surface area contributed by atoms with Gasteiger partial charge in [-0.1, -0.05) is 0 Å². The second-order valence-corrected chi connectivity index (χ2v) is 3.63. The van der Waals surface area contributed by atoms with Gasteiger partial charge >= 0.3 is 5.97 Å². The van der Waals surface area contributed by atoms with E-state index in [9.17, 15) is 14.9 Å². The topological polar surface area (TPSA) is 142 Å². The molecule has 5 N–H and O–H groups in total. The van der Waals surface area contributed by atoms with Crippen LogP contribution in [-0.4, -0.2) is 29.2 Å². The zero-order valence-corrected chi connectivity index (χ0v) is 9.62. The largest absolute Gasteiger partial charge is 0.496 e. The molecule has 0 radical (unpaired) electrons. The molecular formula is C10H13N3O5. The summed E-state index contributed by atoms with van der Waals surface area (Å²) in [5.74, 6) is -0.985. The van der Waals surface area contributed by atoms with E-state index in [-0.39, 0.29) is 23.5 Å². The second kappa shape index (κ2) is 5.32. The number of ether oxygens (including phenoxy) is 1. The summed E-state index contributed by atoms with van der Waals surface area (Å²) in [5, 5.41) is 19.4. The van der Waals surface area contributed by atoms with Crippen LogP contribution in [0.2, 0.25) is 0 Å². The Balaban J connectivity index is 3.16. The van der Waals surface area contributed by atoms with Gasteiger partial charge in [-0.15, -0.1) is 0 Å². The number of nitrogens with zero attached hydrogens (tertiary/aromatic N) is 1. The van der Waals surface area contributed by atoms with E-state index >= 15 is 0 Å². The molecule has 0 unspecified atom stereocenters. The minimum atomic E-state index is -1.17. The van der Waals surface area contributed by atoms with Gasteiger partial charge in [0.2, 0.25) is 0 Å². The van der Waals surface area contributed by atoms with Crippen LogP contribution in [0.25, 0.3) is 0 Å². The van der Waals surface area contributed by atoms with Crippen molar-refractivity contribution in [1.29, 1.82) is 0 Å². The highest BCUT2D eigenvalue weighted by atomic mass is 16.6. The van der Waals surface area contributed by atoms with E-state index in [0.29, 0.717) is 5.56 Å². The number of carbonyl (C=O) groups is 1. The molecule has 0 bridgehead atoms. The summed E-state index contributed by atoms with van der Waals surface area (Å²) in [7, 11) is 1.32. The molecule has 0 amide bonds. The predicted octanol–water partition coefficient (Wildman–Crippen LogP) is 0.140. The van der Waals surface area contributed by atoms with Crippen molar-refractivity contribution in [3.63, 3.8) is 0 Å². The zero-order chi connectivity index (χ0) is 13.9. The molecule has 0 aliphatic heterocycles. The van der Waals surface area contributed by atoms with E-state index < -0.39 is 16.9 Å². The van der Waals surface area contributed by atoms with Gasteiger partial charge in [-0.3, -0.25) is 14.9 Å². The van der Waals surface area contributed by atoms with E-state index in [1.54, 1.807) is 0 Å². The van der Waals surface area contributed by atoms with Gasteiger partial charge in [-0.05, 0) is 11.6 Å². The lowest BCUT2D eigenvalue weighted by Crippen LogP contribution is -2.32. The van der Waals surface area contributed by atoms with Crippen LogP contribution >= 0.6 is 0 Å². The molecule has 0 fully saturated rings. The number of benzene rings is 1. The first-order valence-corrected chi connectivity index (χ1v) is 4.96. The van der Waals surface area contributed by atoms with Crippen LogP contribution in [0, 0.1) is 10.1 Å². The van der Waals surface area contributed by atoms with Crippen molar-refractivity contribution in [3.05, 3.63) is 27.8 Å². The number of rotatable bonds is 5. The zero-order valence-electron chi connectivity index (χ0n) is 9.62. The molecule has 0 saturated carbocycles. The number of nitro groups is 1. The molecule has 0 heterocycles. The van der Waals surface area contributed by atoms with Crippen molar-refractivity contribution >= 4 is 17.3 Å². The number of hydrogen-bond donors (Lipinski definition) is 3. The molecule has 98 valence electrons. The molecule has 0 saturated heterocycles. The third kappa shape index (κ3) is 2.86. The van der Waals surface area contributed by atoms with Crippen molar-refractivity contribution in [2.75, 3.05) is 12.8 Å². The maximum absolute atomic E-state index is 10.7. The number of nitrogens with two attached hydrogens (primary N) is 2. The van der Waals surface area contributed by atoms with Gasteiger partial charge < -0.3 is 21.3 Å². The number of methoxy groups -OCH3 is 1. The summed E-state index contributed by atoms with van der Waals surface area (Å²) in [4.78, 5) is 20.7. The highest BCUT2D eigenvalue weighted by Gasteiger charge is 2.20. The lowest BCUT2D eigenvalue weighted by Gasteiger charge is -2.12. The van der Waals surface area contributed by atoms with Gasteiger partial charge in [0.25, 0.3) is 5.69 Å². The molecule has 18 heavy (non-hydrogen) atoms. The molecule has 0 aromatic heterocycles. The van der Waals surface area contributed by atoms with E-state index in [0.717, 1.165) is 6.07 Å². The number of carboxylic acids is 1. The van der Waals surface area contributed by atoms with Crippen LogP contribution in [0.3, 0.4) is 0 Å². The summed E-state index contributed by atoms with van der Waals surface area (Å²) < 4.78 is 4.96. The number of aliphatic carboxylic acids is 1. The predicted molar refractivity (Wildman–Crippen MR) is 63.4 cm³/mol. The average Bonchev–Trinajstić information content (AvgIpc) is 2.28. The van der Waals surface area contributed by atoms with Crippen LogP contribution in [0.15, 0.2) is 12.1 Å². The molecule has 1 atom stereocenters. The third-order valence-corrected chi connectivity index (χ3v) is 2.38. The summed E-state index contributed by atoms with van der Waals surface area (Å²) in [5.41, 5.74) is 11.0. The minimum absolute atomic E-state index is 0.0271. The van der Waals surface area contributed by atoms with Crippen LogP contribution in [0.1, 0.15) is 5.56 Å². The summed E-state index contributed by atoms with van der Waals surface area (Å²) in [6.45, 7) is 0. The third-order valence-electron chi connectivity index (χ3n) is 2.38. The van der Waals surface area contributed by atoms with Crippen molar-refractivity contribution in [2.24, 2.45) is 5.73 Å². The Morgan fingerprint density at radius 3 is 2.67 bits per heavy atom. The first-order valence-electron chi connectivity index (χ1n) is 4.96. The highest BCUT2D eigenvalue weighted by Crippen LogP contribution is 2.31. The molecule has 8 heteroatoms. The first-order chi connectivity index (χ1) is 8.36. The lowest BCUT2D eigenvalue weighted by atomic mass is 10.0. The maximum atomic E-state index is 10.7. The standard InChI is InChI=1S/C10H13N3O5/c1-18-9-4-8(13(16)17)6(11)2-5(9)3-7(12)10(14)15/h2,4,7H,3,11-12H2,1H3,(H,14,15)/t7-/m0/s1. The molecule has 8 nitrogen and oxygen atoms in total. The molecule has 0 aliphatic rings.